The summed E-state index contributed by atoms with van der Waals surface area (Å²) < 4.78 is 15.5. The summed E-state index contributed by atoms with van der Waals surface area (Å²) in [5, 5.41) is 0. The van der Waals surface area contributed by atoms with E-state index >= 15 is 0 Å². The van der Waals surface area contributed by atoms with Crippen LogP contribution >= 0.6 is 0 Å². The van der Waals surface area contributed by atoms with E-state index in [2.05, 4.69) is 0 Å². The van der Waals surface area contributed by atoms with Gasteiger partial charge in [0.1, 0.15) is 23.9 Å². The lowest BCUT2D eigenvalue weighted by molar-refractivity contribution is 0.299. The number of rotatable bonds is 4. The fourth-order valence-corrected chi connectivity index (χ4v) is 1.59. The van der Waals surface area contributed by atoms with Crippen LogP contribution in [-0.4, -0.2) is 7.11 Å². The second kappa shape index (κ2) is 5.40. The molecule has 94 valence electrons. The first-order chi connectivity index (χ1) is 8.67. The molecule has 0 spiro atoms. The molecule has 0 unspecified atom stereocenters. The Kier molecular flexibility index (Phi) is 3.67. The predicted molar refractivity (Wildman–Crippen MR) is 67.0 cm³/mol. The van der Waals surface area contributed by atoms with Gasteiger partial charge in [-0.2, -0.15) is 0 Å². The highest BCUT2D eigenvalue weighted by atomic mass is 16.5. The Morgan fingerprint density at radius 2 is 2.00 bits per heavy atom. The molecule has 2 rings (SSSR count). The molecule has 2 aromatic rings. The lowest BCUT2D eigenvalue weighted by atomic mass is 10.2. The van der Waals surface area contributed by atoms with Crippen molar-refractivity contribution < 1.29 is 13.9 Å². The van der Waals surface area contributed by atoms with Crippen LogP contribution < -0.4 is 15.1 Å². The van der Waals surface area contributed by atoms with E-state index in [0.29, 0.717) is 18.1 Å². The monoisotopic (exact) mass is 246 g/mol. The topological polar surface area (TPSA) is 48.7 Å². The van der Waals surface area contributed by atoms with E-state index in [4.69, 9.17) is 13.9 Å². The van der Waals surface area contributed by atoms with Crippen molar-refractivity contribution in [2.45, 2.75) is 13.5 Å². The Balaban J connectivity index is 2.08. The van der Waals surface area contributed by atoms with Gasteiger partial charge in [0.2, 0.25) is 0 Å². The fraction of sp³-hybridized carbons (Fsp3) is 0.214. The van der Waals surface area contributed by atoms with Crippen molar-refractivity contribution >= 4 is 0 Å². The van der Waals surface area contributed by atoms with Gasteiger partial charge in [0.15, 0.2) is 0 Å². The highest BCUT2D eigenvalue weighted by molar-refractivity contribution is 5.28. The summed E-state index contributed by atoms with van der Waals surface area (Å²) in [7, 11) is 1.62. The van der Waals surface area contributed by atoms with E-state index in [1.165, 1.54) is 6.07 Å². The van der Waals surface area contributed by atoms with E-state index in [-0.39, 0.29) is 0 Å². The summed E-state index contributed by atoms with van der Waals surface area (Å²) in [6.07, 6.45) is 0. The summed E-state index contributed by atoms with van der Waals surface area (Å²) in [5.41, 5.74) is 0.566. The van der Waals surface area contributed by atoms with Gasteiger partial charge in [0.25, 0.3) is 0 Å². The molecule has 0 fully saturated rings. The molecule has 18 heavy (non-hydrogen) atoms. The molecule has 0 N–H and O–H groups in total. The summed E-state index contributed by atoms with van der Waals surface area (Å²) in [6, 6.07) is 10.6. The molecule has 0 amide bonds. The maximum atomic E-state index is 11.2. The Morgan fingerprint density at radius 3 is 2.72 bits per heavy atom. The fourth-order valence-electron chi connectivity index (χ4n) is 1.59. The minimum absolute atomic E-state index is 0.375. The first-order valence-corrected chi connectivity index (χ1v) is 5.55. The number of benzene rings is 1. The molecule has 0 saturated heterocycles. The zero-order chi connectivity index (χ0) is 13.0. The maximum absolute atomic E-state index is 11.2. The van der Waals surface area contributed by atoms with E-state index in [9.17, 15) is 4.79 Å². The molecule has 4 nitrogen and oxygen atoms in total. The maximum Gasteiger partial charge on any atom is 0.339 e. The molecule has 4 heteroatoms. The van der Waals surface area contributed by atoms with Crippen LogP contribution in [0.1, 0.15) is 11.3 Å². The molecule has 0 radical (unpaired) electrons. The van der Waals surface area contributed by atoms with Gasteiger partial charge in [-0.05, 0) is 24.6 Å². The van der Waals surface area contributed by atoms with Crippen LogP contribution in [0.3, 0.4) is 0 Å². The van der Waals surface area contributed by atoms with Crippen molar-refractivity contribution in [1.29, 1.82) is 0 Å². The quantitative estimate of drug-likeness (QED) is 0.831. The van der Waals surface area contributed by atoms with Crippen molar-refractivity contribution in [3.8, 4) is 11.5 Å². The van der Waals surface area contributed by atoms with Gasteiger partial charge in [-0.15, -0.1) is 0 Å². The minimum Gasteiger partial charge on any atom is -0.497 e. The lowest BCUT2D eigenvalue weighted by Gasteiger charge is -2.07. The first kappa shape index (κ1) is 12.2. The molecule has 0 aliphatic heterocycles. The van der Waals surface area contributed by atoms with Crippen molar-refractivity contribution in [1.82, 2.24) is 0 Å². The average molecular weight is 246 g/mol. The lowest BCUT2D eigenvalue weighted by Crippen LogP contribution is -2.02. The molecule has 1 aromatic heterocycles. The third kappa shape index (κ3) is 3.13. The Bertz CT molecular complexity index is 586. The van der Waals surface area contributed by atoms with Crippen LogP contribution in [0.15, 0.2) is 45.6 Å². The molecular weight excluding hydrogens is 232 g/mol. The van der Waals surface area contributed by atoms with Crippen molar-refractivity contribution in [2.75, 3.05) is 7.11 Å². The molecule has 1 aromatic carbocycles. The van der Waals surface area contributed by atoms with Gasteiger partial charge >= 0.3 is 5.63 Å². The standard InChI is InChI=1S/C14H14O4/c1-10-6-13(8-14(15)18-10)17-9-11-4-3-5-12(7-11)16-2/h3-8H,9H2,1-2H3. The number of ether oxygens (including phenoxy) is 2. The second-order valence-corrected chi connectivity index (χ2v) is 3.86. The van der Waals surface area contributed by atoms with Crippen LogP contribution in [0.25, 0.3) is 0 Å². The summed E-state index contributed by atoms with van der Waals surface area (Å²) in [5.74, 6) is 1.81. The number of hydrogen-bond donors (Lipinski definition) is 0. The van der Waals surface area contributed by atoms with Gasteiger partial charge in [0.05, 0.1) is 13.2 Å². The van der Waals surface area contributed by atoms with E-state index in [1.54, 1.807) is 20.1 Å². The largest absolute Gasteiger partial charge is 0.497 e. The molecule has 0 saturated carbocycles. The second-order valence-electron chi connectivity index (χ2n) is 3.86. The van der Waals surface area contributed by atoms with Gasteiger partial charge in [-0.25, -0.2) is 4.79 Å². The smallest absolute Gasteiger partial charge is 0.339 e. The molecular formula is C14H14O4. The van der Waals surface area contributed by atoms with Crippen LogP contribution in [0.4, 0.5) is 0 Å². The van der Waals surface area contributed by atoms with E-state index in [1.807, 2.05) is 24.3 Å². The Hall–Kier alpha value is -2.23. The van der Waals surface area contributed by atoms with Crippen LogP contribution in [0, 0.1) is 6.92 Å². The first-order valence-electron chi connectivity index (χ1n) is 5.55. The Morgan fingerprint density at radius 1 is 1.17 bits per heavy atom. The molecule has 0 aliphatic carbocycles. The third-order valence-electron chi connectivity index (χ3n) is 2.41. The number of methoxy groups -OCH3 is 1. The third-order valence-corrected chi connectivity index (χ3v) is 2.41. The van der Waals surface area contributed by atoms with Crippen LogP contribution in [0.2, 0.25) is 0 Å². The van der Waals surface area contributed by atoms with Crippen LogP contribution in [0.5, 0.6) is 11.5 Å². The molecule has 0 atom stereocenters. The normalized spacial score (nSPS) is 10.1. The summed E-state index contributed by atoms with van der Waals surface area (Å²) >= 11 is 0. The van der Waals surface area contributed by atoms with Gasteiger partial charge < -0.3 is 13.9 Å². The van der Waals surface area contributed by atoms with Gasteiger partial charge in [-0.1, -0.05) is 12.1 Å². The van der Waals surface area contributed by atoms with Gasteiger partial charge in [0, 0.05) is 6.07 Å². The number of hydrogen-bond acceptors (Lipinski definition) is 4. The van der Waals surface area contributed by atoms with E-state index in [0.717, 1.165) is 11.3 Å². The molecule has 0 aliphatic rings. The summed E-state index contributed by atoms with van der Waals surface area (Å²) in [4.78, 5) is 11.2. The van der Waals surface area contributed by atoms with Crippen molar-refractivity contribution in [3.05, 3.63) is 58.1 Å². The van der Waals surface area contributed by atoms with Crippen molar-refractivity contribution in [2.24, 2.45) is 0 Å². The van der Waals surface area contributed by atoms with Crippen LogP contribution in [-0.2, 0) is 6.61 Å². The summed E-state index contributed by atoms with van der Waals surface area (Å²) in [6.45, 7) is 2.08. The molecule has 0 bridgehead atoms. The Labute approximate surface area is 105 Å². The van der Waals surface area contributed by atoms with Crippen molar-refractivity contribution in [3.63, 3.8) is 0 Å². The van der Waals surface area contributed by atoms with E-state index < -0.39 is 5.63 Å². The predicted octanol–water partition coefficient (Wildman–Crippen LogP) is 2.54. The SMILES string of the molecule is COc1cccc(COc2cc(C)oc(=O)c2)c1. The minimum atomic E-state index is -0.407. The highest BCUT2D eigenvalue weighted by Crippen LogP contribution is 2.16. The van der Waals surface area contributed by atoms with Gasteiger partial charge in [-0.3, -0.25) is 0 Å². The zero-order valence-corrected chi connectivity index (χ0v) is 10.3. The average Bonchev–Trinajstić information content (AvgIpc) is 2.35. The highest BCUT2D eigenvalue weighted by Gasteiger charge is 2.01. The molecule has 1 heterocycles. The number of aryl methyl sites for hydroxylation is 1. The zero-order valence-electron chi connectivity index (χ0n) is 10.3.